The molecule has 3 aromatic rings. The number of para-hydroxylation sites is 1. The van der Waals surface area contributed by atoms with Crippen LogP contribution in [0.4, 0.5) is 11.4 Å². The summed E-state index contributed by atoms with van der Waals surface area (Å²) in [7, 11) is 0. The van der Waals surface area contributed by atoms with Crippen molar-refractivity contribution < 1.29 is 14.0 Å². The summed E-state index contributed by atoms with van der Waals surface area (Å²) in [5.74, 6) is -0.111. The van der Waals surface area contributed by atoms with Gasteiger partial charge in [-0.1, -0.05) is 18.2 Å². The average molecular weight is 332 g/mol. The highest BCUT2D eigenvalue weighted by Gasteiger charge is 2.25. The van der Waals surface area contributed by atoms with Gasteiger partial charge in [-0.25, -0.2) is 0 Å². The van der Waals surface area contributed by atoms with E-state index in [9.17, 15) is 9.59 Å². The number of hydrogen-bond acceptors (Lipinski definition) is 3. The molecule has 0 atom stereocenters. The van der Waals surface area contributed by atoms with Crippen LogP contribution < -0.4 is 10.2 Å². The number of furan rings is 1. The molecule has 124 valence electrons. The molecule has 1 aliphatic rings. The van der Waals surface area contributed by atoms with Gasteiger partial charge in [-0.05, 0) is 54.4 Å². The summed E-state index contributed by atoms with van der Waals surface area (Å²) in [6.07, 6.45) is 2.32. The van der Waals surface area contributed by atoms with Gasteiger partial charge in [0.1, 0.15) is 0 Å². The van der Waals surface area contributed by atoms with Gasteiger partial charge >= 0.3 is 0 Å². The quantitative estimate of drug-likeness (QED) is 0.795. The van der Waals surface area contributed by atoms with Gasteiger partial charge in [0.25, 0.3) is 11.8 Å². The minimum absolute atomic E-state index is 0.0335. The van der Waals surface area contributed by atoms with Crippen LogP contribution in [-0.2, 0) is 6.42 Å². The first-order valence-electron chi connectivity index (χ1n) is 8.07. The summed E-state index contributed by atoms with van der Waals surface area (Å²) in [5, 5.41) is 2.74. The number of nitrogens with one attached hydrogen (secondary N) is 1. The first kappa shape index (κ1) is 15.2. The fourth-order valence-electron chi connectivity index (χ4n) is 3.00. The molecule has 0 fully saturated rings. The molecular formula is C20H16N2O3. The number of rotatable bonds is 3. The van der Waals surface area contributed by atoms with Crippen molar-refractivity contribution in [2.75, 3.05) is 16.8 Å². The Kier molecular flexibility index (Phi) is 3.82. The van der Waals surface area contributed by atoms with Crippen molar-refractivity contribution in [3.63, 3.8) is 0 Å². The van der Waals surface area contributed by atoms with E-state index >= 15 is 0 Å². The summed E-state index contributed by atoms with van der Waals surface area (Å²) < 4.78 is 5.06. The number of hydrogen-bond donors (Lipinski definition) is 1. The van der Waals surface area contributed by atoms with Crippen molar-refractivity contribution in [2.24, 2.45) is 0 Å². The number of carbonyl (C=O) groups is 2. The molecule has 0 spiro atoms. The van der Waals surface area contributed by atoms with Crippen LogP contribution >= 0.6 is 0 Å². The molecule has 2 aromatic carbocycles. The maximum atomic E-state index is 12.8. The molecule has 2 heterocycles. The third kappa shape index (κ3) is 2.92. The zero-order valence-corrected chi connectivity index (χ0v) is 13.4. The molecule has 2 amide bonds. The van der Waals surface area contributed by atoms with Crippen molar-refractivity contribution in [1.82, 2.24) is 0 Å². The van der Waals surface area contributed by atoms with Gasteiger partial charge in [0.2, 0.25) is 0 Å². The van der Waals surface area contributed by atoms with E-state index in [0.29, 0.717) is 17.8 Å². The maximum Gasteiger partial charge on any atom is 0.291 e. The summed E-state index contributed by atoms with van der Waals surface area (Å²) in [6, 6.07) is 18.1. The lowest BCUT2D eigenvalue weighted by atomic mass is 10.1. The molecule has 5 nitrogen and oxygen atoms in total. The standard InChI is InChI=1S/C20H16N2O3/c23-19(18-6-3-13-25-18)21-16-9-7-15(8-10-16)20(24)22-12-11-14-4-1-2-5-17(14)22/h1-10,13H,11-12H2,(H,21,23). The third-order valence-corrected chi connectivity index (χ3v) is 4.27. The van der Waals surface area contributed by atoms with Crippen molar-refractivity contribution >= 4 is 23.2 Å². The topological polar surface area (TPSA) is 62.6 Å². The molecule has 0 radical (unpaired) electrons. The Morgan fingerprint density at radius 3 is 2.52 bits per heavy atom. The molecule has 1 aromatic heterocycles. The van der Waals surface area contributed by atoms with Gasteiger partial charge < -0.3 is 14.6 Å². The Labute approximate surface area is 144 Å². The molecule has 25 heavy (non-hydrogen) atoms. The molecule has 5 heteroatoms. The zero-order chi connectivity index (χ0) is 17.2. The van der Waals surface area contributed by atoms with Crippen LogP contribution in [0.3, 0.4) is 0 Å². The first-order chi connectivity index (χ1) is 12.2. The van der Waals surface area contributed by atoms with E-state index in [0.717, 1.165) is 12.1 Å². The van der Waals surface area contributed by atoms with Crippen LogP contribution in [0, 0.1) is 0 Å². The number of nitrogens with zero attached hydrogens (tertiary/aromatic N) is 1. The summed E-state index contributed by atoms with van der Waals surface area (Å²) in [6.45, 7) is 0.690. The summed E-state index contributed by atoms with van der Waals surface area (Å²) in [4.78, 5) is 26.5. The molecule has 0 unspecified atom stereocenters. The molecule has 1 aliphatic heterocycles. The maximum absolute atomic E-state index is 12.8. The van der Waals surface area contributed by atoms with Crippen molar-refractivity contribution in [1.29, 1.82) is 0 Å². The minimum atomic E-state index is -0.322. The van der Waals surface area contributed by atoms with Crippen LogP contribution in [0.25, 0.3) is 0 Å². The van der Waals surface area contributed by atoms with Gasteiger partial charge in [0, 0.05) is 23.5 Å². The molecule has 0 aliphatic carbocycles. The predicted molar refractivity (Wildman–Crippen MR) is 94.9 cm³/mol. The Morgan fingerprint density at radius 2 is 1.76 bits per heavy atom. The Bertz CT molecular complexity index is 914. The second kappa shape index (κ2) is 6.28. The second-order valence-corrected chi connectivity index (χ2v) is 5.84. The Hall–Kier alpha value is -3.34. The van der Waals surface area contributed by atoms with Gasteiger partial charge in [0.05, 0.1) is 6.26 Å². The largest absolute Gasteiger partial charge is 0.459 e. The fourth-order valence-corrected chi connectivity index (χ4v) is 3.00. The van der Waals surface area contributed by atoms with Crippen LogP contribution in [0.15, 0.2) is 71.3 Å². The van der Waals surface area contributed by atoms with Gasteiger partial charge in [0.15, 0.2) is 5.76 Å². The van der Waals surface area contributed by atoms with E-state index in [1.165, 1.54) is 11.8 Å². The van der Waals surface area contributed by atoms with Crippen molar-refractivity contribution in [2.45, 2.75) is 6.42 Å². The monoisotopic (exact) mass is 332 g/mol. The highest BCUT2D eigenvalue weighted by molar-refractivity contribution is 6.08. The molecule has 1 N–H and O–H groups in total. The number of amides is 2. The minimum Gasteiger partial charge on any atom is -0.459 e. The first-order valence-corrected chi connectivity index (χ1v) is 8.07. The fraction of sp³-hybridized carbons (Fsp3) is 0.100. The highest BCUT2D eigenvalue weighted by atomic mass is 16.3. The molecule has 4 rings (SSSR count). The molecule has 0 saturated carbocycles. The summed E-state index contributed by atoms with van der Waals surface area (Å²) in [5.41, 5.74) is 3.37. The SMILES string of the molecule is O=C(Nc1ccc(C(=O)N2CCc3ccccc32)cc1)c1ccco1. The normalized spacial score (nSPS) is 12.7. The lowest BCUT2D eigenvalue weighted by molar-refractivity contribution is 0.0985. The molecule has 0 bridgehead atoms. The van der Waals surface area contributed by atoms with E-state index in [-0.39, 0.29) is 17.6 Å². The van der Waals surface area contributed by atoms with E-state index < -0.39 is 0 Å². The second-order valence-electron chi connectivity index (χ2n) is 5.84. The summed E-state index contributed by atoms with van der Waals surface area (Å²) >= 11 is 0. The van der Waals surface area contributed by atoms with E-state index in [1.54, 1.807) is 41.3 Å². The van der Waals surface area contributed by atoms with Crippen molar-refractivity contribution in [3.8, 4) is 0 Å². The van der Waals surface area contributed by atoms with E-state index in [2.05, 4.69) is 11.4 Å². The van der Waals surface area contributed by atoms with E-state index in [1.807, 2.05) is 18.2 Å². The van der Waals surface area contributed by atoms with Crippen LogP contribution in [0.5, 0.6) is 0 Å². The highest BCUT2D eigenvalue weighted by Crippen LogP contribution is 2.29. The third-order valence-electron chi connectivity index (χ3n) is 4.27. The van der Waals surface area contributed by atoms with Crippen LogP contribution in [0.1, 0.15) is 26.5 Å². The molecule has 0 saturated heterocycles. The Balaban J connectivity index is 1.49. The average Bonchev–Trinajstić information content (AvgIpc) is 3.32. The number of benzene rings is 2. The van der Waals surface area contributed by atoms with E-state index in [4.69, 9.17) is 4.42 Å². The van der Waals surface area contributed by atoms with Crippen molar-refractivity contribution in [3.05, 3.63) is 83.8 Å². The predicted octanol–water partition coefficient (Wildman–Crippen LogP) is 3.73. The number of carbonyl (C=O) groups excluding carboxylic acids is 2. The lowest BCUT2D eigenvalue weighted by Gasteiger charge is -2.17. The van der Waals surface area contributed by atoms with Crippen LogP contribution in [0.2, 0.25) is 0 Å². The van der Waals surface area contributed by atoms with Gasteiger partial charge in [-0.3, -0.25) is 9.59 Å². The Morgan fingerprint density at radius 1 is 0.960 bits per heavy atom. The zero-order valence-electron chi connectivity index (χ0n) is 13.4. The molecular weight excluding hydrogens is 316 g/mol. The van der Waals surface area contributed by atoms with Gasteiger partial charge in [-0.2, -0.15) is 0 Å². The number of fused-ring (bicyclic) bond motifs is 1. The number of anilines is 2. The smallest absolute Gasteiger partial charge is 0.291 e. The van der Waals surface area contributed by atoms with Crippen LogP contribution in [-0.4, -0.2) is 18.4 Å². The van der Waals surface area contributed by atoms with Gasteiger partial charge in [-0.15, -0.1) is 0 Å². The lowest BCUT2D eigenvalue weighted by Crippen LogP contribution is -2.28.